The average molecular weight is 473 g/mol. The van der Waals surface area contributed by atoms with Gasteiger partial charge in [0.25, 0.3) is 5.91 Å². The second-order valence-electron chi connectivity index (χ2n) is 7.84. The summed E-state index contributed by atoms with van der Waals surface area (Å²) in [6.07, 6.45) is 1.48. The average Bonchev–Trinajstić information content (AvgIpc) is 3.26. The quantitative estimate of drug-likeness (QED) is 0.569. The lowest BCUT2D eigenvalue weighted by molar-refractivity contribution is 0.0736. The van der Waals surface area contributed by atoms with Crippen molar-refractivity contribution in [3.63, 3.8) is 0 Å². The molecule has 0 atom stereocenters. The Hall–Kier alpha value is -2.19. The molecular weight excluding hydrogens is 452 g/mol. The van der Waals surface area contributed by atoms with Crippen LogP contribution in [0.3, 0.4) is 0 Å². The fraction of sp³-hybridized carbons (Fsp3) is 0.261. The maximum atomic E-state index is 13.3. The number of benzene rings is 2. The molecule has 0 saturated heterocycles. The molecule has 0 bridgehead atoms. The summed E-state index contributed by atoms with van der Waals surface area (Å²) in [5.41, 5.74) is 3.58. The standard InChI is InChI=1S/C23H21ClN2O3S2/c24-21-6-5-19(31(28,29)26-11-7-16-3-1-2-4-17(16)15-26)13-20(21)23(27)25-10-8-22-18(14-25)9-12-30-22/h1-6,9,12-13H,7-8,10-11,14-15H2. The Bertz CT molecular complexity index is 1270. The van der Waals surface area contributed by atoms with Gasteiger partial charge in [-0.05, 0) is 59.2 Å². The predicted molar refractivity (Wildman–Crippen MR) is 122 cm³/mol. The molecule has 2 aromatic carbocycles. The lowest BCUT2D eigenvalue weighted by Crippen LogP contribution is -2.37. The first-order chi connectivity index (χ1) is 14.9. The van der Waals surface area contributed by atoms with Gasteiger partial charge in [0.15, 0.2) is 0 Å². The molecule has 5 nitrogen and oxygen atoms in total. The van der Waals surface area contributed by atoms with Crippen molar-refractivity contribution in [2.45, 2.75) is 30.8 Å². The summed E-state index contributed by atoms with van der Waals surface area (Å²) in [5.74, 6) is -0.233. The molecule has 5 rings (SSSR count). The first-order valence-electron chi connectivity index (χ1n) is 10.1. The van der Waals surface area contributed by atoms with Crippen molar-refractivity contribution in [2.75, 3.05) is 13.1 Å². The zero-order chi connectivity index (χ0) is 21.6. The van der Waals surface area contributed by atoms with Crippen molar-refractivity contribution in [1.29, 1.82) is 0 Å². The van der Waals surface area contributed by atoms with Crippen LogP contribution in [0.4, 0.5) is 0 Å². The Morgan fingerprint density at radius 2 is 1.74 bits per heavy atom. The summed E-state index contributed by atoms with van der Waals surface area (Å²) in [5, 5.41) is 2.30. The van der Waals surface area contributed by atoms with Gasteiger partial charge in [0.2, 0.25) is 10.0 Å². The molecule has 3 aromatic rings. The molecule has 0 saturated carbocycles. The predicted octanol–water partition coefficient (Wildman–Crippen LogP) is 4.35. The highest BCUT2D eigenvalue weighted by Crippen LogP contribution is 2.30. The Labute approximate surface area is 190 Å². The van der Waals surface area contributed by atoms with Crippen LogP contribution in [-0.4, -0.2) is 36.6 Å². The Morgan fingerprint density at radius 1 is 0.935 bits per heavy atom. The monoisotopic (exact) mass is 472 g/mol. The minimum atomic E-state index is -3.74. The van der Waals surface area contributed by atoms with E-state index in [1.54, 1.807) is 16.2 Å². The fourth-order valence-corrected chi connectivity index (χ4v) is 6.78. The summed E-state index contributed by atoms with van der Waals surface area (Å²) in [7, 11) is -3.74. The lowest BCUT2D eigenvalue weighted by atomic mass is 10.0. The van der Waals surface area contributed by atoms with Crippen molar-refractivity contribution in [1.82, 2.24) is 9.21 Å². The summed E-state index contributed by atoms with van der Waals surface area (Å²) >= 11 is 8.04. The number of thiophene rings is 1. The smallest absolute Gasteiger partial charge is 0.255 e. The Morgan fingerprint density at radius 3 is 2.58 bits per heavy atom. The number of amides is 1. The second kappa shape index (κ2) is 8.06. The van der Waals surface area contributed by atoms with E-state index in [1.807, 2.05) is 35.7 Å². The normalized spacial score (nSPS) is 16.6. The summed E-state index contributed by atoms with van der Waals surface area (Å²) in [6, 6.07) is 14.4. The zero-order valence-corrected chi connectivity index (χ0v) is 19.1. The largest absolute Gasteiger partial charge is 0.334 e. The number of carbonyl (C=O) groups is 1. The molecule has 3 heterocycles. The highest BCUT2D eigenvalue weighted by Gasteiger charge is 2.30. The van der Waals surface area contributed by atoms with Crippen LogP contribution in [0.5, 0.6) is 0 Å². The van der Waals surface area contributed by atoms with Crippen LogP contribution in [0.1, 0.15) is 31.9 Å². The molecule has 0 fully saturated rings. The van der Waals surface area contributed by atoms with E-state index in [0.717, 1.165) is 17.5 Å². The maximum Gasteiger partial charge on any atom is 0.255 e. The van der Waals surface area contributed by atoms with Crippen LogP contribution in [0.2, 0.25) is 5.02 Å². The first-order valence-corrected chi connectivity index (χ1v) is 12.8. The van der Waals surface area contributed by atoms with Crippen LogP contribution < -0.4 is 0 Å². The van der Waals surface area contributed by atoms with Crippen LogP contribution in [0.15, 0.2) is 58.8 Å². The van der Waals surface area contributed by atoms with Crippen LogP contribution in [0.25, 0.3) is 0 Å². The molecule has 8 heteroatoms. The molecular formula is C23H21ClN2O3S2. The number of rotatable bonds is 3. The lowest BCUT2D eigenvalue weighted by Gasteiger charge is -2.29. The Kier molecular flexibility index (Phi) is 5.38. The third-order valence-corrected chi connectivity index (χ3v) is 9.19. The van der Waals surface area contributed by atoms with Gasteiger partial charge >= 0.3 is 0 Å². The van der Waals surface area contributed by atoms with Gasteiger partial charge in [-0.1, -0.05) is 35.9 Å². The number of halogens is 1. The number of sulfonamides is 1. The number of nitrogens with zero attached hydrogens (tertiary/aromatic N) is 2. The third kappa shape index (κ3) is 3.80. The third-order valence-electron chi connectivity index (χ3n) is 6.00. The van der Waals surface area contributed by atoms with Crippen LogP contribution in [0, 0.1) is 0 Å². The van der Waals surface area contributed by atoms with Crippen LogP contribution in [-0.2, 0) is 36.0 Å². The molecule has 1 amide bonds. The molecule has 1 aromatic heterocycles. The molecule has 160 valence electrons. The molecule has 31 heavy (non-hydrogen) atoms. The minimum absolute atomic E-state index is 0.105. The molecule has 0 aliphatic carbocycles. The van der Waals surface area contributed by atoms with E-state index < -0.39 is 10.0 Å². The van der Waals surface area contributed by atoms with Gasteiger partial charge in [-0.2, -0.15) is 4.31 Å². The van der Waals surface area contributed by atoms with E-state index in [9.17, 15) is 13.2 Å². The van der Waals surface area contributed by atoms with Crippen molar-refractivity contribution < 1.29 is 13.2 Å². The van der Waals surface area contributed by atoms with E-state index in [2.05, 4.69) is 0 Å². The number of carbonyl (C=O) groups excluding carboxylic acids is 1. The molecule has 0 spiro atoms. The number of fused-ring (bicyclic) bond motifs is 2. The van der Waals surface area contributed by atoms with Gasteiger partial charge in [-0.3, -0.25) is 4.79 Å². The highest BCUT2D eigenvalue weighted by molar-refractivity contribution is 7.89. The number of hydrogen-bond acceptors (Lipinski definition) is 4. The van der Waals surface area contributed by atoms with Gasteiger partial charge in [-0.25, -0.2) is 8.42 Å². The highest BCUT2D eigenvalue weighted by atomic mass is 35.5. The molecule has 0 N–H and O–H groups in total. The molecule has 2 aliphatic rings. The summed E-state index contributed by atoms with van der Waals surface area (Å²) in [6.45, 7) is 1.87. The Balaban J connectivity index is 1.42. The van der Waals surface area contributed by atoms with E-state index in [4.69, 9.17) is 11.6 Å². The van der Waals surface area contributed by atoms with E-state index in [-0.39, 0.29) is 21.4 Å². The van der Waals surface area contributed by atoms with Crippen LogP contribution >= 0.6 is 22.9 Å². The number of hydrogen-bond donors (Lipinski definition) is 0. The summed E-state index contributed by atoms with van der Waals surface area (Å²) < 4.78 is 28.2. The van der Waals surface area contributed by atoms with E-state index in [0.29, 0.717) is 32.6 Å². The topological polar surface area (TPSA) is 57.7 Å². The van der Waals surface area contributed by atoms with Gasteiger partial charge in [0.1, 0.15) is 0 Å². The van der Waals surface area contributed by atoms with Crippen molar-refractivity contribution in [3.8, 4) is 0 Å². The van der Waals surface area contributed by atoms with Crippen molar-refractivity contribution in [3.05, 3.63) is 86.1 Å². The van der Waals surface area contributed by atoms with Gasteiger partial charge < -0.3 is 4.90 Å². The second-order valence-corrected chi connectivity index (χ2v) is 11.2. The van der Waals surface area contributed by atoms with E-state index >= 15 is 0 Å². The maximum absolute atomic E-state index is 13.3. The van der Waals surface area contributed by atoms with Gasteiger partial charge in [-0.15, -0.1) is 11.3 Å². The SMILES string of the molecule is O=C(c1cc(S(=O)(=O)N2CCc3ccccc3C2)ccc1Cl)N1CCc2sccc2C1. The molecule has 0 radical (unpaired) electrons. The van der Waals surface area contributed by atoms with Crippen molar-refractivity contribution >= 4 is 38.9 Å². The molecule has 2 aliphatic heterocycles. The first kappa shape index (κ1) is 20.7. The van der Waals surface area contributed by atoms with Gasteiger partial charge in [0, 0.05) is 31.1 Å². The van der Waals surface area contributed by atoms with Gasteiger partial charge in [0.05, 0.1) is 15.5 Å². The minimum Gasteiger partial charge on any atom is -0.334 e. The molecule has 0 unspecified atom stereocenters. The van der Waals surface area contributed by atoms with Crippen molar-refractivity contribution in [2.24, 2.45) is 0 Å². The zero-order valence-electron chi connectivity index (χ0n) is 16.8. The van der Waals surface area contributed by atoms with E-state index in [1.165, 1.54) is 32.9 Å². The summed E-state index contributed by atoms with van der Waals surface area (Å²) in [4.78, 5) is 16.4. The fourth-order valence-electron chi connectivity index (χ4n) is 4.24.